The van der Waals surface area contributed by atoms with E-state index in [0.29, 0.717) is 0 Å². The minimum atomic E-state index is 0.850. The predicted octanol–water partition coefficient (Wildman–Crippen LogP) is 2.43. The molecule has 7 heteroatoms. The Morgan fingerprint density at radius 1 is 1.33 bits per heavy atom. The Hall–Kier alpha value is -2.41. The van der Waals surface area contributed by atoms with Gasteiger partial charge in [0.15, 0.2) is 11.6 Å². The molecule has 3 aromatic rings. The fourth-order valence-corrected chi connectivity index (χ4v) is 3.28. The lowest BCUT2D eigenvalue weighted by Gasteiger charge is -2.21. The van der Waals surface area contributed by atoms with Crippen molar-refractivity contribution in [1.82, 2.24) is 24.8 Å². The number of hydrogen-bond acceptors (Lipinski definition) is 4. The van der Waals surface area contributed by atoms with Crippen molar-refractivity contribution in [2.45, 2.75) is 19.4 Å². The van der Waals surface area contributed by atoms with Gasteiger partial charge in [-0.05, 0) is 40.9 Å². The third-order valence-electron chi connectivity index (χ3n) is 3.82. The van der Waals surface area contributed by atoms with Gasteiger partial charge in [0, 0.05) is 39.8 Å². The highest BCUT2D eigenvalue weighted by Crippen LogP contribution is 2.08. The zero-order chi connectivity index (χ0) is 16.8. The van der Waals surface area contributed by atoms with Crippen molar-refractivity contribution in [3.05, 3.63) is 52.6 Å². The number of aliphatic imine (C=N–C) groups is 1. The molecule has 0 bridgehead atoms. The number of rotatable bonds is 6. The maximum Gasteiger partial charge on any atom is 0.193 e. The van der Waals surface area contributed by atoms with Crippen molar-refractivity contribution in [2.24, 2.45) is 4.99 Å². The summed E-state index contributed by atoms with van der Waals surface area (Å²) in [4.78, 5) is 6.49. The van der Waals surface area contributed by atoms with Gasteiger partial charge in [0.05, 0.1) is 0 Å². The number of nitrogens with one attached hydrogen (secondary N) is 1. The number of aryl methyl sites for hydroxylation is 1. The Morgan fingerprint density at radius 2 is 2.25 bits per heavy atom. The molecule has 0 atom stereocenters. The largest absolute Gasteiger partial charge is 0.356 e. The second kappa shape index (κ2) is 7.92. The number of aromatic nitrogens is 3. The van der Waals surface area contributed by atoms with Crippen LogP contribution < -0.4 is 5.32 Å². The Bertz CT molecular complexity index is 792. The van der Waals surface area contributed by atoms with Gasteiger partial charge >= 0.3 is 0 Å². The molecular formula is C17H22N6S. The van der Waals surface area contributed by atoms with Gasteiger partial charge in [0.25, 0.3) is 0 Å². The topological polar surface area (TPSA) is 57.8 Å². The molecule has 0 saturated carbocycles. The highest BCUT2D eigenvalue weighted by atomic mass is 32.1. The first-order chi connectivity index (χ1) is 11.8. The van der Waals surface area contributed by atoms with Crippen LogP contribution in [0, 0.1) is 0 Å². The molecule has 0 unspecified atom stereocenters. The van der Waals surface area contributed by atoms with Crippen LogP contribution in [0.15, 0.2) is 46.2 Å². The molecule has 0 spiro atoms. The Morgan fingerprint density at radius 3 is 3.04 bits per heavy atom. The second-order valence-corrected chi connectivity index (χ2v) is 6.39. The van der Waals surface area contributed by atoms with Crippen molar-refractivity contribution in [1.29, 1.82) is 0 Å². The van der Waals surface area contributed by atoms with Crippen molar-refractivity contribution in [3.63, 3.8) is 0 Å². The quantitative estimate of drug-likeness (QED) is 0.425. The molecule has 126 valence electrons. The van der Waals surface area contributed by atoms with Gasteiger partial charge in [-0.3, -0.25) is 9.39 Å². The van der Waals surface area contributed by atoms with Gasteiger partial charge < -0.3 is 10.2 Å². The smallest absolute Gasteiger partial charge is 0.193 e. The van der Waals surface area contributed by atoms with Crippen LogP contribution in [0.2, 0.25) is 0 Å². The van der Waals surface area contributed by atoms with E-state index in [2.05, 4.69) is 49.3 Å². The van der Waals surface area contributed by atoms with Crippen LogP contribution in [0.4, 0.5) is 0 Å². The van der Waals surface area contributed by atoms with Gasteiger partial charge in [0.2, 0.25) is 0 Å². The molecule has 6 nitrogen and oxygen atoms in total. The first-order valence-electron chi connectivity index (χ1n) is 7.99. The van der Waals surface area contributed by atoms with E-state index >= 15 is 0 Å². The average molecular weight is 342 g/mol. The molecule has 3 aromatic heterocycles. The minimum Gasteiger partial charge on any atom is -0.356 e. The van der Waals surface area contributed by atoms with Crippen LogP contribution in [-0.4, -0.2) is 46.1 Å². The molecule has 0 amide bonds. The Balaban J connectivity index is 1.48. The summed E-state index contributed by atoms with van der Waals surface area (Å²) in [7, 11) is 3.87. The lowest BCUT2D eigenvalue weighted by atomic mass is 10.3. The SMILES string of the molecule is CN=C(NCCCc1nnc2ccccn12)N(C)Cc1ccsc1. The lowest BCUT2D eigenvalue weighted by Crippen LogP contribution is -2.38. The lowest BCUT2D eigenvalue weighted by molar-refractivity contribution is 0.476. The number of pyridine rings is 1. The fraction of sp³-hybridized carbons (Fsp3) is 0.353. The second-order valence-electron chi connectivity index (χ2n) is 5.61. The maximum atomic E-state index is 4.35. The number of guanidine groups is 1. The molecular weight excluding hydrogens is 320 g/mol. The molecule has 0 saturated heterocycles. The molecule has 0 radical (unpaired) electrons. The van der Waals surface area contributed by atoms with Crippen LogP contribution >= 0.6 is 11.3 Å². The van der Waals surface area contributed by atoms with E-state index in [0.717, 1.165) is 43.4 Å². The van der Waals surface area contributed by atoms with Gasteiger partial charge in [0.1, 0.15) is 5.82 Å². The summed E-state index contributed by atoms with van der Waals surface area (Å²) >= 11 is 1.72. The summed E-state index contributed by atoms with van der Waals surface area (Å²) < 4.78 is 2.04. The highest BCUT2D eigenvalue weighted by molar-refractivity contribution is 7.07. The van der Waals surface area contributed by atoms with E-state index in [1.807, 2.05) is 35.8 Å². The maximum absolute atomic E-state index is 4.35. The van der Waals surface area contributed by atoms with Crippen LogP contribution in [-0.2, 0) is 13.0 Å². The molecule has 0 aliphatic carbocycles. The van der Waals surface area contributed by atoms with Gasteiger partial charge in [-0.1, -0.05) is 6.07 Å². The summed E-state index contributed by atoms with van der Waals surface area (Å²) in [5.41, 5.74) is 2.20. The summed E-state index contributed by atoms with van der Waals surface area (Å²) in [6, 6.07) is 8.09. The number of hydrogen-bond donors (Lipinski definition) is 1. The Kier molecular flexibility index (Phi) is 5.43. The van der Waals surface area contributed by atoms with Crippen LogP contribution in [0.5, 0.6) is 0 Å². The molecule has 3 rings (SSSR count). The molecule has 0 aliphatic heterocycles. The number of nitrogens with zero attached hydrogens (tertiary/aromatic N) is 5. The van der Waals surface area contributed by atoms with E-state index in [1.165, 1.54) is 5.56 Å². The third-order valence-corrected chi connectivity index (χ3v) is 4.55. The molecule has 0 fully saturated rings. The molecule has 0 aromatic carbocycles. The summed E-state index contributed by atoms with van der Waals surface area (Å²) in [6.45, 7) is 1.71. The molecule has 24 heavy (non-hydrogen) atoms. The minimum absolute atomic E-state index is 0.850. The number of thiophene rings is 1. The predicted molar refractivity (Wildman–Crippen MR) is 98.5 cm³/mol. The van der Waals surface area contributed by atoms with Gasteiger partial charge in [-0.15, -0.1) is 10.2 Å². The van der Waals surface area contributed by atoms with E-state index in [4.69, 9.17) is 0 Å². The van der Waals surface area contributed by atoms with Crippen LogP contribution in [0.3, 0.4) is 0 Å². The monoisotopic (exact) mass is 342 g/mol. The van der Waals surface area contributed by atoms with E-state index in [1.54, 1.807) is 11.3 Å². The summed E-state index contributed by atoms with van der Waals surface area (Å²) in [5.74, 6) is 1.90. The fourth-order valence-electron chi connectivity index (χ4n) is 2.62. The standard InChI is InChI=1S/C17H22N6S/c1-18-17(22(2)12-14-8-11-24-13-14)19-9-5-7-16-21-20-15-6-3-4-10-23(15)16/h3-4,6,8,10-11,13H,5,7,9,12H2,1-2H3,(H,18,19). The highest BCUT2D eigenvalue weighted by Gasteiger charge is 2.08. The van der Waals surface area contributed by atoms with Crippen molar-refractivity contribution in [2.75, 3.05) is 20.6 Å². The van der Waals surface area contributed by atoms with Crippen LogP contribution in [0.25, 0.3) is 5.65 Å². The summed E-state index contributed by atoms with van der Waals surface area (Å²) in [6.07, 6.45) is 3.86. The first kappa shape index (κ1) is 16.4. The molecule has 3 heterocycles. The van der Waals surface area contributed by atoms with Crippen molar-refractivity contribution >= 4 is 22.9 Å². The first-order valence-corrected chi connectivity index (χ1v) is 8.93. The number of fused-ring (bicyclic) bond motifs is 1. The van der Waals surface area contributed by atoms with Crippen molar-refractivity contribution in [3.8, 4) is 0 Å². The van der Waals surface area contributed by atoms with Gasteiger partial charge in [-0.25, -0.2) is 0 Å². The Labute approximate surface area is 145 Å². The van der Waals surface area contributed by atoms with E-state index in [-0.39, 0.29) is 0 Å². The van der Waals surface area contributed by atoms with E-state index < -0.39 is 0 Å². The zero-order valence-electron chi connectivity index (χ0n) is 14.0. The normalized spacial score (nSPS) is 11.8. The summed E-state index contributed by atoms with van der Waals surface area (Å²) in [5, 5.41) is 16.1. The van der Waals surface area contributed by atoms with Crippen LogP contribution in [0.1, 0.15) is 17.8 Å². The third kappa shape index (κ3) is 3.91. The zero-order valence-corrected chi connectivity index (χ0v) is 14.8. The molecule has 1 N–H and O–H groups in total. The van der Waals surface area contributed by atoms with E-state index in [9.17, 15) is 0 Å². The molecule has 0 aliphatic rings. The van der Waals surface area contributed by atoms with Gasteiger partial charge in [-0.2, -0.15) is 11.3 Å². The van der Waals surface area contributed by atoms with Crippen molar-refractivity contribution < 1.29 is 0 Å². The average Bonchev–Trinajstić information content (AvgIpc) is 3.25.